The minimum Gasteiger partial charge on any atom is -0.454 e. The molecule has 1 heterocycles. The summed E-state index contributed by atoms with van der Waals surface area (Å²) in [6, 6.07) is 16.8. The van der Waals surface area contributed by atoms with E-state index in [-0.39, 0.29) is 0 Å². The van der Waals surface area contributed by atoms with E-state index >= 15 is 0 Å². The molecule has 0 bridgehead atoms. The molecule has 126 valence electrons. The Morgan fingerprint density at radius 3 is 2.71 bits per heavy atom. The number of hydrogen-bond donors (Lipinski definition) is 2. The van der Waals surface area contributed by atoms with Gasteiger partial charge in [-0.25, -0.2) is 0 Å². The SMILES string of the molecule is C[C@H](CCc1ccccc1)NC(=S)NCc1ccc2c(c1)OCO2. The van der Waals surface area contributed by atoms with Crippen molar-refractivity contribution in [3.8, 4) is 11.5 Å². The lowest BCUT2D eigenvalue weighted by atomic mass is 10.1. The molecule has 4 nitrogen and oxygen atoms in total. The molecule has 1 atom stereocenters. The Bertz CT molecular complexity index is 691. The zero-order valence-electron chi connectivity index (χ0n) is 13.7. The number of nitrogens with one attached hydrogen (secondary N) is 2. The van der Waals surface area contributed by atoms with Crippen molar-refractivity contribution in [1.82, 2.24) is 10.6 Å². The Morgan fingerprint density at radius 2 is 1.88 bits per heavy atom. The van der Waals surface area contributed by atoms with Crippen molar-refractivity contribution in [2.45, 2.75) is 32.4 Å². The molecular weight excluding hydrogens is 320 g/mol. The monoisotopic (exact) mass is 342 g/mol. The van der Waals surface area contributed by atoms with E-state index in [4.69, 9.17) is 21.7 Å². The Labute approximate surface area is 148 Å². The molecule has 1 aliphatic heterocycles. The number of rotatable bonds is 6. The maximum absolute atomic E-state index is 5.39. The van der Waals surface area contributed by atoms with E-state index in [9.17, 15) is 0 Å². The zero-order valence-corrected chi connectivity index (χ0v) is 14.6. The summed E-state index contributed by atoms with van der Waals surface area (Å²) in [4.78, 5) is 0. The first-order valence-corrected chi connectivity index (χ1v) is 8.58. The Hall–Kier alpha value is -2.27. The van der Waals surface area contributed by atoms with E-state index in [0.29, 0.717) is 24.5 Å². The molecule has 0 spiro atoms. The van der Waals surface area contributed by atoms with Gasteiger partial charge >= 0.3 is 0 Å². The highest BCUT2D eigenvalue weighted by Crippen LogP contribution is 2.32. The maximum atomic E-state index is 5.39. The van der Waals surface area contributed by atoms with Gasteiger partial charge in [-0.05, 0) is 55.2 Å². The van der Waals surface area contributed by atoms with Crippen LogP contribution in [0.1, 0.15) is 24.5 Å². The highest BCUT2D eigenvalue weighted by molar-refractivity contribution is 7.80. The zero-order chi connectivity index (χ0) is 16.8. The molecule has 0 saturated carbocycles. The highest BCUT2D eigenvalue weighted by atomic mass is 32.1. The third-order valence-electron chi connectivity index (χ3n) is 3.98. The van der Waals surface area contributed by atoms with Crippen LogP contribution in [-0.4, -0.2) is 17.9 Å². The van der Waals surface area contributed by atoms with Gasteiger partial charge in [-0.2, -0.15) is 0 Å². The molecule has 2 aromatic rings. The van der Waals surface area contributed by atoms with Crippen LogP contribution in [0.15, 0.2) is 48.5 Å². The number of thiocarbonyl (C=S) groups is 1. The molecule has 2 aromatic carbocycles. The molecule has 3 rings (SSSR count). The largest absolute Gasteiger partial charge is 0.454 e. The molecule has 0 radical (unpaired) electrons. The molecule has 1 aliphatic rings. The summed E-state index contributed by atoms with van der Waals surface area (Å²) in [5.41, 5.74) is 2.46. The predicted octanol–water partition coefficient (Wildman–Crippen LogP) is 3.40. The van der Waals surface area contributed by atoms with Crippen LogP contribution in [0.4, 0.5) is 0 Å². The fourth-order valence-electron chi connectivity index (χ4n) is 2.61. The van der Waals surface area contributed by atoms with Gasteiger partial charge in [0.05, 0.1) is 0 Å². The van der Waals surface area contributed by atoms with E-state index in [1.54, 1.807) is 0 Å². The van der Waals surface area contributed by atoms with Gasteiger partial charge in [0, 0.05) is 12.6 Å². The second-order valence-corrected chi connectivity index (χ2v) is 6.35. The Morgan fingerprint density at radius 1 is 1.08 bits per heavy atom. The van der Waals surface area contributed by atoms with Crippen molar-refractivity contribution >= 4 is 17.3 Å². The van der Waals surface area contributed by atoms with Crippen LogP contribution in [0.2, 0.25) is 0 Å². The van der Waals surface area contributed by atoms with Gasteiger partial charge in [0.25, 0.3) is 0 Å². The van der Waals surface area contributed by atoms with Gasteiger partial charge in [-0.3, -0.25) is 0 Å². The van der Waals surface area contributed by atoms with Crippen molar-refractivity contribution in [1.29, 1.82) is 0 Å². The molecule has 5 heteroatoms. The first kappa shape index (κ1) is 16.6. The summed E-state index contributed by atoms with van der Waals surface area (Å²) in [5.74, 6) is 1.60. The van der Waals surface area contributed by atoms with Crippen molar-refractivity contribution in [3.05, 3.63) is 59.7 Å². The number of aryl methyl sites for hydroxylation is 1. The minimum atomic E-state index is 0.297. The lowest BCUT2D eigenvalue weighted by molar-refractivity contribution is 0.174. The summed E-state index contributed by atoms with van der Waals surface area (Å²) >= 11 is 5.38. The molecule has 0 unspecified atom stereocenters. The molecule has 0 saturated heterocycles. The van der Waals surface area contributed by atoms with Crippen LogP contribution >= 0.6 is 12.2 Å². The van der Waals surface area contributed by atoms with E-state index in [1.807, 2.05) is 24.3 Å². The molecule has 0 fully saturated rings. The predicted molar refractivity (Wildman–Crippen MR) is 99.4 cm³/mol. The van der Waals surface area contributed by atoms with Gasteiger partial charge in [-0.15, -0.1) is 0 Å². The summed E-state index contributed by atoms with van der Waals surface area (Å²) in [5, 5.41) is 7.25. The normalized spacial score (nSPS) is 13.4. The first-order chi connectivity index (χ1) is 11.7. The average Bonchev–Trinajstić information content (AvgIpc) is 3.07. The summed E-state index contributed by atoms with van der Waals surface area (Å²) < 4.78 is 10.7. The van der Waals surface area contributed by atoms with Crippen molar-refractivity contribution in [2.75, 3.05) is 6.79 Å². The topological polar surface area (TPSA) is 42.5 Å². The highest BCUT2D eigenvalue weighted by Gasteiger charge is 2.13. The van der Waals surface area contributed by atoms with Crippen LogP contribution in [0.25, 0.3) is 0 Å². The van der Waals surface area contributed by atoms with E-state index in [2.05, 4.69) is 41.8 Å². The van der Waals surface area contributed by atoms with Crippen LogP contribution in [-0.2, 0) is 13.0 Å². The molecular formula is C19H22N2O2S. The maximum Gasteiger partial charge on any atom is 0.231 e. The van der Waals surface area contributed by atoms with Gasteiger partial charge in [-0.1, -0.05) is 36.4 Å². The third kappa shape index (κ3) is 4.61. The van der Waals surface area contributed by atoms with E-state index < -0.39 is 0 Å². The molecule has 24 heavy (non-hydrogen) atoms. The smallest absolute Gasteiger partial charge is 0.231 e. The lowest BCUT2D eigenvalue weighted by Gasteiger charge is -2.17. The van der Waals surface area contributed by atoms with Crippen molar-refractivity contribution in [3.63, 3.8) is 0 Å². The number of hydrogen-bond acceptors (Lipinski definition) is 3. The molecule has 0 aromatic heterocycles. The van der Waals surface area contributed by atoms with Crippen LogP contribution in [0, 0.1) is 0 Å². The number of benzene rings is 2. The fourth-order valence-corrected chi connectivity index (χ4v) is 2.88. The van der Waals surface area contributed by atoms with Gasteiger partial charge in [0.1, 0.15) is 0 Å². The fraction of sp³-hybridized carbons (Fsp3) is 0.316. The van der Waals surface area contributed by atoms with Crippen LogP contribution in [0.3, 0.4) is 0 Å². The van der Waals surface area contributed by atoms with Gasteiger partial charge in [0.15, 0.2) is 16.6 Å². The summed E-state index contributed by atoms with van der Waals surface area (Å²) in [6.45, 7) is 3.11. The van der Waals surface area contributed by atoms with Crippen LogP contribution in [0.5, 0.6) is 11.5 Å². The first-order valence-electron chi connectivity index (χ1n) is 8.17. The molecule has 0 amide bonds. The van der Waals surface area contributed by atoms with E-state index in [0.717, 1.165) is 29.9 Å². The Balaban J connectivity index is 1.40. The quantitative estimate of drug-likeness (QED) is 0.788. The van der Waals surface area contributed by atoms with Crippen LogP contribution < -0.4 is 20.1 Å². The average molecular weight is 342 g/mol. The van der Waals surface area contributed by atoms with Crippen molar-refractivity contribution in [2.24, 2.45) is 0 Å². The standard InChI is InChI=1S/C19H22N2O2S/c1-14(7-8-15-5-3-2-4-6-15)21-19(24)20-12-16-9-10-17-18(11-16)23-13-22-17/h2-6,9-11,14H,7-8,12-13H2,1H3,(H2,20,21,24)/t14-/m1/s1. The van der Waals surface area contributed by atoms with Gasteiger partial charge < -0.3 is 20.1 Å². The van der Waals surface area contributed by atoms with E-state index in [1.165, 1.54) is 5.56 Å². The van der Waals surface area contributed by atoms with Crippen molar-refractivity contribution < 1.29 is 9.47 Å². The third-order valence-corrected chi connectivity index (χ3v) is 4.24. The second kappa shape index (κ2) is 8.02. The number of fused-ring (bicyclic) bond motifs is 1. The summed E-state index contributed by atoms with van der Waals surface area (Å²) in [7, 11) is 0. The lowest BCUT2D eigenvalue weighted by Crippen LogP contribution is -2.40. The molecule has 2 N–H and O–H groups in total. The Kier molecular flexibility index (Phi) is 5.54. The minimum absolute atomic E-state index is 0.297. The molecule has 0 aliphatic carbocycles. The van der Waals surface area contributed by atoms with Gasteiger partial charge in [0.2, 0.25) is 6.79 Å². The summed E-state index contributed by atoms with van der Waals surface area (Å²) in [6.07, 6.45) is 2.08. The number of ether oxygens (including phenoxy) is 2. The second-order valence-electron chi connectivity index (χ2n) is 5.94.